The summed E-state index contributed by atoms with van der Waals surface area (Å²) in [5, 5.41) is 9.69. The highest BCUT2D eigenvalue weighted by Gasteiger charge is 2.24. The number of ether oxygens (including phenoxy) is 2. The second-order valence-electron chi connectivity index (χ2n) is 4.61. The molecule has 0 heterocycles. The number of benzene rings is 2. The zero-order valence-electron chi connectivity index (χ0n) is 12.3. The van der Waals surface area contributed by atoms with Gasteiger partial charge in [-0.1, -0.05) is 23.2 Å². The first-order valence-corrected chi connectivity index (χ1v) is 7.10. The van der Waals surface area contributed by atoms with E-state index in [1.807, 2.05) is 0 Å². The van der Waals surface area contributed by atoms with Crippen LogP contribution in [0.15, 0.2) is 18.2 Å². The molecule has 0 bridgehead atoms. The number of aromatic carboxylic acids is 1. The Kier molecular flexibility index (Phi) is 4.77. The average molecular weight is 357 g/mol. The molecular formula is C15H14Cl2N2O4. The Morgan fingerprint density at radius 1 is 1.09 bits per heavy atom. The molecule has 6 nitrogen and oxygen atoms in total. The first-order valence-electron chi connectivity index (χ1n) is 6.34. The molecule has 5 N–H and O–H groups in total. The lowest BCUT2D eigenvalue weighted by molar-refractivity contribution is 0.0693. The van der Waals surface area contributed by atoms with Crippen LogP contribution in [0.2, 0.25) is 10.0 Å². The number of carbonyl (C=O) groups is 1. The van der Waals surface area contributed by atoms with Gasteiger partial charge in [-0.3, -0.25) is 0 Å². The van der Waals surface area contributed by atoms with Crippen molar-refractivity contribution in [2.75, 3.05) is 25.7 Å². The van der Waals surface area contributed by atoms with Crippen molar-refractivity contribution < 1.29 is 19.4 Å². The number of nitrogen functional groups attached to an aromatic ring is 2. The van der Waals surface area contributed by atoms with Crippen molar-refractivity contribution in [3.8, 4) is 22.6 Å². The average Bonchev–Trinajstić information content (AvgIpc) is 2.51. The molecule has 0 unspecified atom stereocenters. The fourth-order valence-electron chi connectivity index (χ4n) is 2.22. The Morgan fingerprint density at radius 2 is 1.74 bits per heavy atom. The Balaban J connectivity index is 2.93. The third-order valence-electron chi connectivity index (χ3n) is 3.29. The first kappa shape index (κ1) is 17.1. The Bertz CT molecular complexity index is 794. The molecule has 0 aliphatic heterocycles. The van der Waals surface area contributed by atoms with Crippen molar-refractivity contribution in [2.45, 2.75) is 0 Å². The Morgan fingerprint density at radius 3 is 2.26 bits per heavy atom. The highest BCUT2D eigenvalue weighted by atomic mass is 35.5. The van der Waals surface area contributed by atoms with Crippen molar-refractivity contribution in [1.82, 2.24) is 0 Å². The summed E-state index contributed by atoms with van der Waals surface area (Å²) in [7, 11) is 2.78. The SMILES string of the molecule is COc1cc(N)c(Cl)cc1-c1c(N)c(Cl)cc(C(=O)O)c1OC. The van der Waals surface area contributed by atoms with Gasteiger partial charge in [0.1, 0.15) is 17.1 Å². The van der Waals surface area contributed by atoms with Crippen LogP contribution < -0.4 is 20.9 Å². The van der Waals surface area contributed by atoms with E-state index in [1.165, 1.54) is 32.4 Å². The minimum absolute atomic E-state index is 0.0542. The summed E-state index contributed by atoms with van der Waals surface area (Å²) in [6, 6.07) is 4.26. The standard InChI is InChI=1S/C15H14Cl2N2O4/c1-22-11-5-10(18)8(16)3-6(11)12-13(19)9(17)4-7(15(20)21)14(12)23-2/h3-5H,18-19H2,1-2H3,(H,20,21). The van der Waals surface area contributed by atoms with E-state index in [9.17, 15) is 9.90 Å². The van der Waals surface area contributed by atoms with Gasteiger partial charge in [-0.05, 0) is 12.1 Å². The Hall–Kier alpha value is -2.31. The monoisotopic (exact) mass is 356 g/mol. The van der Waals surface area contributed by atoms with Gasteiger partial charge in [-0.2, -0.15) is 0 Å². The molecule has 2 aromatic rings. The van der Waals surface area contributed by atoms with Gasteiger partial charge in [0.15, 0.2) is 0 Å². The lowest BCUT2D eigenvalue weighted by atomic mass is 9.97. The van der Waals surface area contributed by atoms with Crippen LogP contribution in [-0.2, 0) is 0 Å². The van der Waals surface area contributed by atoms with Crippen LogP contribution in [0.4, 0.5) is 11.4 Å². The molecular weight excluding hydrogens is 343 g/mol. The largest absolute Gasteiger partial charge is 0.496 e. The number of halogens is 2. The summed E-state index contributed by atoms with van der Waals surface area (Å²) in [6.07, 6.45) is 0. The van der Waals surface area contributed by atoms with Gasteiger partial charge in [0.25, 0.3) is 0 Å². The quantitative estimate of drug-likeness (QED) is 0.723. The van der Waals surface area contributed by atoms with Crippen molar-refractivity contribution >= 4 is 40.5 Å². The van der Waals surface area contributed by atoms with Crippen LogP contribution in [0.25, 0.3) is 11.1 Å². The highest BCUT2D eigenvalue weighted by Crippen LogP contribution is 2.47. The van der Waals surface area contributed by atoms with Crippen molar-refractivity contribution in [3.05, 3.63) is 33.8 Å². The van der Waals surface area contributed by atoms with Crippen LogP contribution in [0.1, 0.15) is 10.4 Å². The van der Waals surface area contributed by atoms with Gasteiger partial charge in [0, 0.05) is 11.6 Å². The summed E-state index contributed by atoms with van der Waals surface area (Å²) in [5.41, 5.74) is 12.8. The highest BCUT2D eigenvalue weighted by molar-refractivity contribution is 6.35. The van der Waals surface area contributed by atoms with Gasteiger partial charge in [-0.25, -0.2) is 4.79 Å². The van der Waals surface area contributed by atoms with E-state index in [-0.39, 0.29) is 32.6 Å². The van der Waals surface area contributed by atoms with Crippen LogP contribution in [0.3, 0.4) is 0 Å². The topological polar surface area (TPSA) is 108 Å². The smallest absolute Gasteiger partial charge is 0.339 e. The molecule has 0 fully saturated rings. The summed E-state index contributed by atoms with van der Waals surface area (Å²) in [6.45, 7) is 0. The lowest BCUT2D eigenvalue weighted by Crippen LogP contribution is -2.06. The molecule has 0 spiro atoms. The lowest BCUT2D eigenvalue weighted by Gasteiger charge is -2.18. The Labute approximate surface area is 142 Å². The zero-order chi connectivity index (χ0) is 17.3. The molecule has 0 aliphatic carbocycles. The number of anilines is 2. The number of hydrogen-bond donors (Lipinski definition) is 3. The summed E-state index contributed by atoms with van der Waals surface area (Å²) < 4.78 is 10.5. The van der Waals surface area contributed by atoms with E-state index in [1.54, 1.807) is 0 Å². The predicted molar refractivity (Wildman–Crippen MR) is 90.8 cm³/mol. The minimum Gasteiger partial charge on any atom is -0.496 e. The number of rotatable bonds is 4. The fraction of sp³-hybridized carbons (Fsp3) is 0.133. The molecule has 0 saturated heterocycles. The summed E-state index contributed by atoms with van der Waals surface area (Å²) >= 11 is 12.1. The molecule has 122 valence electrons. The molecule has 0 atom stereocenters. The maximum atomic E-state index is 11.4. The number of hydrogen-bond acceptors (Lipinski definition) is 5. The maximum Gasteiger partial charge on any atom is 0.339 e. The zero-order valence-corrected chi connectivity index (χ0v) is 13.8. The van der Waals surface area contributed by atoms with Crippen molar-refractivity contribution in [1.29, 1.82) is 0 Å². The van der Waals surface area contributed by atoms with E-state index in [0.717, 1.165) is 0 Å². The predicted octanol–water partition coefficient (Wildman–Crippen LogP) is 3.54. The third-order valence-corrected chi connectivity index (χ3v) is 3.93. The van der Waals surface area contributed by atoms with Crippen LogP contribution >= 0.6 is 23.2 Å². The normalized spacial score (nSPS) is 10.4. The van der Waals surface area contributed by atoms with Gasteiger partial charge in [0.2, 0.25) is 0 Å². The van der Waals surface area contributed by atoms with E-state index in [2.05, 4.69) is 0 Å². The molecule has 8 heteroatoms. The maximum absolute atomic E-state index is 11.4. The van der Waals surface area contributed by atoms with Gasteiger partial charge in [-0.15, -0.1) is 0 Å². The second kappa shape index (κ2) is 6.44. The minimum atomic E-state index is -1.20. The molecule has 0 aliphatic rings. The summed E-state index contributed by atoms with van der Waals surface area (Å²) in [4.78, 5) is 11.4. The van der Waals surface area contributed by atoms with Gasteiger partial charge < -0.3 is 26.0 Å². The van der Waals surface area contributed by atoms with Crippen molar-refractivity contribution in [3.63, 3.8) is 0 Å². The molecule has 2 aromatic carbocycles. The molecule has 0 aromatic heterocycles. The summed E-state index contributed by atoms with van der Waals surface area (Å²) in [5.74, 6) is -0.792. The van der Waals surface area contributed by atoms with Crippen LogP contribution in [-0.4, -0.2) is 25.3 Å². The van der Waals surface area contributed by atoms with E-state index < -0.39 is 5.97 Å². The van der Waals surface area contributed by atoms with E-state index >= 15 is 0 Å². The van der Waals surface area contributed by atoms with Crippen LogP contribution in [0.5, 0.6) is 11.5 Å². The number of carboxylic acids is 1. The number of methoxy groups -OCH3 is 2. The molecule has 2 rings (SSSR count). The second-order valence-corrected chi connectivity index (χ2v) is 5.42. The van der Waals surface area contributed by atoms with Crippen LogP contribution in [0, 0.1) is 0 Å². The fourth-order valence-corrected chi connectivity index (χ4v) is 2.59. The van der Waals surface area contributed by atoms with Gasteiger partial charge >= 0.3 is 5.97 Å². The molecule has 0 radical (unpaired) electrons. The van der Waals surface area contributed by atoms with Gasteiger partial charge in [0.05, 0.1) is 41.2 Å². The van der Waals surface area contributed by atoms with E-state index in [4.69, 9.17) is 44.1 Å². The third kappa shape index (κ3) is 2.95. The number of nitrogens with two attached hydrogens (primary N) is 2. The van der Waals surface area contributed by atoms with Crippen molar-refractivity contribution in [2.24, 2.45) is 0 Å². The van der Waals surface area contributed by atoms with E-state index in [0.29, 0.717) is 17.0 Å². The first-order chi connectivity index (χ1) is 10.8. The molecule has 23 heavy (non-hydrogen) atoms. The number of carboxylic acid groups (broad SMARTS) is 1. The molecule has 0 saturated carbocycles. The molecule has 0 amide bonds.